The lowest BCUT2D eigenvalue weighted by atomic mass is 10.0. The van der Waals surface area contributed by atoms with Gasteiger partial charge in [-0.25, -0.2) is 4.79 Å². The topological polar surface area (TPSA) is 55.8 Å². The SMILES string of the molecule is CCCCOc1ccc(/C=C(\C(=O)O)c2cccc(OC)c2)cc1. The number of hydrogen-bond acceptors (Lipinski definition) is 3. The minimum absolute atomic E-state index is 0.216. The molecule has 2 aromatic rings. The Hall–Kier alpha value is -2.75. The number of carboxylic acid groups (broad SMARTS) is 1. The van der Waals surface area contributed by atoms with Crippen LogP contribution in [0.25, 0.3) is 11.6 Å². The molecule has 126 valence electrons. The van der Waals surface area contributed by atoms with Crippen molar-refractivity contribution in [2.45, 2.75) is 19.8 Å². The highest BCUT2D eigenvalue weighted by Crippen LogP contribution is 2.23. The maximum absolute atomic E-state index is 11.6. The molecule has 0 spiro atoms. The van der Waals surface area contributed by atoms with E-state index in [2.05, 4.69) is 6.92 Å². The second kappa shape index (κ2) is 8.77. The van der Waals surface area contributed by atoms with Crippen molar-refractivity contribution >= 4 is 17.6 Å². The molecule has 0 saturated heterocycles. The molecule has 0 fully saturated rings. The summed E-state index contributed by atoms with van der Waals surface area (Å²) in [5.41, 5.74) is 1.62. The molecular formula is C20H22O4. The summed E-state index contributed by atoms with van der Waals surface area (Å²) >= 11 is 0. The molecule has 2 aromatic carbocycles. The Kier molecular flexibility index (Phi) is 6.43. The fraction of sp³-hybridized carbons (Fsp3) is 0.250. The summed E-state index contributed by atoms with van der Waals surface area (Å²) in [6.07, 6.45) is 3.75. The van der Waals surface area contributed by atoms with E-state index in [1.807, 2.05) is 24.3 Å². The molecule has 2 rings (SSSR count). The molecule has 0 atom stereocenters. The molecule has 0 bridgehead atoms. The van der Waals surface area contributed by atoms with Crippen LogP contribution < -0.4 is 9.47 Å². The van der Waals surface area contributed by atoms with Crippen molar-refractivity contribution in [2.75, 3.05) is 13.7 Å². The van der Waals surface area contributed by atoms with E-state index in [1.165, 1.54) is 0 Å². The summed E-state index contributed by atoms with van der Waals surface area (Å²) in [6.45, 7) is 2.80. The summed E-state index contributed by atoms with van der Waals surface area (Å²) in [6, 6.07) is 14.4. The van der Waals surface area contributed by atoms with Crippen LogP contribution in [0.2, 0.25) is 0 Å². The Morgan fingerprint density at radius 3 is 2.50 bits per heavy atom. The summed E-state index contributed by atoms with van der Waals surface area (Å²) in [4.78, 5) is 11.6. The normalized spacial score (nSPS) is 11.2. The molecule has 0 aromatic heterocycles. The van der Waals surface area contributed by atoms with E-state index in [4.69, 9.17) is 9.47 Å². The zero-order valence-electron chi connectivity index (χ0n) is 14.0. The number of unbranched alkanes of at least 4 members (excludes halogenated alkanes) is 1. The van der Waals surface area contributed by atoms with Gasteiger partial charge < -0.3 is 14.6 Å². The van der Waals surface area contributed by atoms with Crippen LogP contribution in [0.3, 0.4) is 0 Å². The summed E-state index contributed by atoms with van der Waals surface area (Å²) in [5.74, 6) is 0.435. The monoisotopic (exact) mass is 326 g/mol. The van der Waals surface area contributed by atoms with Gasteiger partial charge in [0.15, 0.2) is 0 Å². The number of rotatable bonds is 8. The molecule has 0 aliphatic heterocycles. The molecule has 0 radical (unpaired) electrons. The van der Waals surface area contributed by atoms with Gasteiger partial charge in [-0.05, 0) is 47.9 Å². The zero-order chi connectivity index (χ0) is 17.4. The minimum atomic E-state index is -0.980. The van der Waals surface area contributed by atoms with Gasteiger partial charge >= 0.3 is 5.97 Å². The number of carbonyl (C=O) groups is 1. The fourth-order valence-corrected chi connectivity index (χ4v) is 2.22. The highest BCUT2D eigenvalue weighted by atomic mass is 16.5. The van der Waals surface area contributed by atoms with Crippen LogP contribution in [0.5, 0.6) is 11.5 Å². The number of aliphatic carboxylic acids is 1. The molecule has 4 nitrogen and oxygen atoms in total. The third-order valence-electron chi connectivity index (χ3n) is 3.57. The Morgan fingerprint density at radius 2 is 1.88 bits per heavy atom. The first-order valence-electron chi connectivity index (χ1n) is 7.96. The van der Waals surface area contributed by atoms with Gasteiger partial charge in [-0.2, -0.15) is 0 Å². The molecule has 0 unspecified atom stereocenters. The third-order valence-corrected chi connectivity index (χ3v) is 3.57. The van der Waals surface area contributed by atoms with Crippen LogP contribution in [0, 0.1) is 0 Å². The Balaban J connectivity index is 2.22. The minimum Gasteiger partial charge on any atom is -0.497 e. The first-order chi connectivity index (χ1) is 11.6. The Bertz CT molecular complexity index is 702. The Labute approximate surface area is 142 Å². The van der Waals surface area contributed by atoms with Crippen LogP contribution in [0.4, 0.5) is 0 Å². The van der Waals surface area contributed by atoms with Crippen LogP contribution in [0.1, 0.15) is 30.9 Å². The van der Waals surface area contributed by atoms with Crippen LogP contribution in [-0.4, -0.2) is 24.8 Å². The number of hydrogen-bond donors (Lipinski definition) is 1. The van der Waals surface area contributed by atoms with Gasteiger partial charge in [0, 0.05) is 0 Å². The predicted octanol–water partition coefficient (Wildman–Crippen LogP) is 4.50. The number of ether oxygens (including phenoxy) is 2. The second-order valence-corrected chi connectivity index (χ2v) is 5.37. The largest absolute Gasteiger partial charge is 0.497 e. The van der Waals surface area contributed by atoms with Crippen molar-refractivity contribution in [3.8, 4) is 11.5 Å². The summed E-state index contributed by atoms with van der Waals surface area (Å²) in [7, 11) is 1.56. The van der Waals surface area contributed by atoms with E-state index < -0.39 is 5.97 Å². The molecule has 4 heteroatoms. The van der Waals surface area contributed by atoms with Crippen LogP contribution >= 0.6 is 0 Å². The van der Waals surface area contributed by atoms with E-state index in [1.54, 1.807) is 37.5 Å². The third kappa shape index (κ3) is 4.88. The number of benzene rings is 2. The van der Waals surface area contributed by atoms with Crippen molar-refractivity contribution in [3.63, 3.8) is 0 Å². The molecule has 1 N–H and O–H groups in total. The van der Waals surface area contributed by atoms with Crippen molar-refractivity contribution in [3.05, 3.63) is 59.7 Å². The van der Waals surface area contributed by atoms with Gasteiger partial charge in [-0.1, -0.05) is 37.6 Å². The van der Waals surface area contributed by atoms with Crippen LogP contribution in [0.15, 0.2) is 48.5 Å². The van der Waals surface area contributed by atoms with E-state index in [0.29, 0.717) is 17.9 Å². The average Bonchev–Trinajstić information content (AvgIpc) is 2.61. The average molecular weight is 326 g/mol. The molecule has 0 amide bonds. The molecular weight excluding hydrogens is 304 g/mol. The van der Waals surface area contributed by atoms with Crippen molar-refractivity contribution in [1.82, 2.24) is 0 Å². The van der Waals surface area contributed by atoms with E-state index >= 15 is 0 Å². The Morgan fingerprint density at radius 1 is 1.12 bits per heavy atom. The van der Waals surface area contributed by atoms with E-state index in [9.17, 15) is 9.90 Å². The first-order valence-corrected chi connectivity index (χ1v) is 7.96. The molecule has 0 heterocycles. The molecule has 0 aliphatic rings. The molecule has 0 aliphatic carbocycles. The highest BCUT2D eigenvalue weighted by Gasteiger charge is 2.11. The maximum atomic E-state index is 11.6. The summed E-state index contributed by atoms with van der Waals surface area (Å²) in [5, 5.41) is 9.52. The van der Waals surface area contributed by atoms with Gasteiger partial charge in [0.2, 0.25) is 0 Å². The molecule has 24 heavy (non-hydrogen) atoms. The maximum Gasteiger partial charge on any atom is 0.336 e. The lowest BCUT2D eigenvalue weighted by molar-refractivity contribution is -0.130. The van der Waals surface area contributed by atoms with Gasteiger partial charge in [-0.15, -0.1) is 0 Å². The standard InChI is InChI=1S/C20H22O4/c1-3-4-12-24-17-10-8-15(9-11-17)13-19(20(21)22)16-6-5-7-18(14-16)23-2/h5-11,13-14H,3-4,12H2,1-2H3,(H,21,22)/b19-13-. The van der Waals surface area contributed by atoms with E-state index in [-0.39, 0.29) is 5.57 Å². The number of methoxy groups -OCH3 is 1. The lowest BCUT2D eigenvalue weighted by Gasteiger charge is -2.07. The van der Waals surface area contributed by atoms with Crippen molar-refractivity contribution < 1.29 is 19.4 Å². The summed E-state index contributed by atoms with van der Waals surface area (Å²) < 4.78 is 10.8. The quantitative estimate of drug-likeness (QED) is 0.441. The second-order valence-electron chi connectivity index (χ2n) is 5.37. The van der Waals surface area contributed by atoms with Gasteiger partial charge in [0.25, 0.3) is 0 Å². The van der Waals surface area contributed by atoms with E-state index in [0.717, 1.165) is 24.2 Å². The highest BCUT2D eigenvalue weighted by molar-refractivity contribution is 6.20. The van der Waals surface area contributed by atoms with Gasteiger partial charge in [0.05, 0.1) is 19.3 Å². The zero-order valence-corrected chi connectivity index (χ0v) is 14.0. The van der Waals surface area contributed by atoms with Gasteiger partial charge in [0.1, 0.15) is 11.5 Å². The number of carboxylic acids is 1. The van der Waals surface area contributed by atoms with Crippen molar-refractivity contribution in [1.29, 1.82) is 0 Å². The predicted molar refractivity (Wildman–Crippen MR) is 95.3 cm³/mol. The molecule has 0 saturated carbocycles. The van der Waals surface area contributed by atoms with Crippen molar-refractivity contribution in [2.24, 2.45) is 0 Å². The smallest absolute Gasteiger partial charge is 0.336 e. The first kappa shape index (κ1) is 17.6. The fourth-order valence-electron chi connectivity index (χ4n) is 2.22. The van der Waals surface area contributed by atoms with Crippen LogP contribution in [-0.2, 0) is 4.79 Å². The van der Waals surface area contributed by atoms with Gasteiger partial charge in [-0.3, -0.25) is 0 Å². The lowest BCUT2D eigenvalue weighted by Crippen LogP contribution is -2.00.